The minimum absolute atomic E-state index is 0.283. The largest absolute Gasteiger partial charge is 0.507 e. The Hall–Kier alpha value is -2.24. The van der Waals surface area contributed by atoms with E-state index in [0.29, 0.717) is 23.6 Å². The summed E-state index contributed by atoms with van der Waals surface area (Å²) in [5.41, 5.74) is 6.25. The number of rotatable bonds is 5. The van der Waals surface area contributed by atoms with Crippen molar-refractivity contribution < 1.29 is 14.9 Å². The van der Waals surface area contributed by atoms with E-state index >= 15 is 0 Å². The van der Waals surface area contributed by atoms with Gasteiger partial charge in [-0.2, -0.15) is 0 Å². The predicted molar refractivity (Wildman–Crippen MR) is 159 cm³/mol. The molecule has 4 aliphatic rings. The number of ether oxygens (including phenoxy) is 1. The number of aromatic hydroxyl groups is 2. The Morgan fingerprint density at radius 1 is 0.769 bits per heavy atom. The van der Waals surface area contributed by atoms with Crippen molar-refractivity contribution in [3.8, 4) is 17.2 Å². The van der Waals surface area contributed by atoms with Gasteiger partial charge in [-0.1, -0.05) is 32.0 Å². The van der Waals surface area contributed by atoms with E-state index in [1.807, 2.05) is 6.92 Å². The number of piperidine rings is 2. The number of phenolic OH excluding ortho intramolecular Hbond substituents is 2. The maximum Gasteiger partial charge on any atom is 0.163 e. The highest BCUT2D eigenvalue weighted by molar-refractivity contribution is 5.52. The van der Waals surface area contributed by atoms with Crippen LogP contribution in [0.5, 0.6) is 17.2 Å². The van der Waals surface area contributed by atoms with Crippen LogP contribution in [-0.2, 0) is 25.7 Å². The van der Waals surface area contributed by atoms with Gasteiger partial charge in [0.15, 0.2) is 11.5 Å². The van der Waals surface area contributed by atoms with Crippen LogP contribution < -0.4 is 4.74 Å². The van der Waals surface area contributed by atoms with E-state index in [0.717, 1.165) is 43.1 Å². The smallest absolute Gasteiger partial charge is 0.163 e. The Bertz CT molecular complexity index is 1130. The second-order valence-corrected chi connectivity index (χ2v) is 12.5. The van der Waals surface area contributed by atoms with Gasteiger partial charge < -0.3 is 14.9 Å². The van der Waals surface area contributed by atoms with Crippen LogP contribution in [0.15, 0.2) is 24.3 Å². The second kappa shape index (κ2) is 12.5. The summed E-state index contributed by atoms with van der Waals surface area (Å²) in [4.78, 5) is 5.37. The lowest BCUT2D eigenvalue weighted by Crippen LogP contribution is -2.49. The van der Waals surface area contributed by atoms with Gasteiger partial charge in [0.25, 0.3) is 0 Å². The summed E-state index contributed by atoms with van der Waals surface area (Å²) >= 11 is 0. The number of benzene rings is 2. The Labute approximate surface area is 236 Å². The van der Waals surface area contributed by atoms with Gasteiger partial charge in [0.2, 0.25) is 0 Å². The molecule has 5 nitrogen and oxygen atoms in total. The fraction of sp³-hybridized carbons (Fsp3) is 0.647. The molecule has 0 unspecified atom stereocenters. The van der Waals surface area contributed by atoms with Crippen LogP contribution in [-0.4, -0.2) is 65.4 Å². The summed E-state index contributed by atoms with van der Waals surface area (Å²) in [6.07, 6.45) is 12.1. The summed E-state index contributed by atoms with van der Waals surface area (Å²) in [5, 5.41) is 20.3. The van der Waals surface area contributed by atoms with Crippen molar-refractivity contribution in [3.63, 3.8) is 0 Å². The van der Waals surface area contributed by atoms with Crippen LogP contribution in [0.2, 0.25) is 0 Å². The minimum atomic E-state index is 0.283. The zero-order chi connectivity index (χ0) is 27.5. The monoisotopic (exact) mass is 534 g/mol. The highest BCUT2D eigenvalue weighted by atomic mass is 16.5. The zero-order valence-corrected chi connectivity index (χ0v) is 24.7. The van der Waals surface area contributed by atoms with Gasteiger partial charge in [-0.05, 0) is 137 Å². The summed E-state index contributed by atoms with van der Waals surface area (Å²) in [5.74, 6) is 3.02. The van der Waals surface area contributed by atoms with Crippen molar-refractivity contribution in [2.75, 3.05) is 33.3 Å². The second-order valence-electron chi connectivity index (χ2n) is 12.5. The summed E-state index contributed by atoms with van der Waals surface area (Å²) in [7, 11) is 1.66. The van der Waals surface area contributed by atoms with Gasteiger partial charge in [-0.15, -0.1) is 0 Å². The molecule has 214 valence electrons. The first-order chi connectivity index (χ1) is 18.9. The molecule has 5 heteroatoms. The number of aryl methyl sites for hydroxylation is 1. The van der Waals surface area contributed by atoms with E-state index in [9.17, 15) is 10.2 Å². The van der Waals surface area contributed by atoms with Crippen LogP contribution in [0.1, 0.15) is 80.2 Å². The molecule has 2 heterocycles. The van der Waals surface area contributed by atoms with Gasteiger partial charge in [0, 0.05) is 17.6 Å². The van der Waals surface area contributed by atoms with Gasteiger partial charge in [-0.25, -0.2) is 0 Å². The Balaban J connectivity index is 0.000000158. The first-order valence-electron chi connectivity index (χ1n) is 15.6. The van der Waals surface area contributed by atoms with Crippen molar-refractivity contribution in [1.82, 2.24) is 9.80 Å². The number of likely N-dealkylation sites (tertiary alicyclic amines) is 2. The Morgan fingerprint density at radius 2 is 1.31 bits per heavy atom. The standard InChI is InChI=1S/C17H25NO2.C17H25NO/c1-3-8-18-9-4-5-13-10-14-12(11-15(13)18)6-7-16(19)17(14)20-2;1-3-8-18-9-4-5-14-10-15-13(11-16(14)18)7-6-12(2)17(15)19/h6-7,13,15,19H,3-5,8-11H2,1-2H3;6-7,14,16,19H,3-5,8-11H2,1-2H3/t13-,15-;14-,16-/m11/s1. The van der Waals surface area contributed by atoms with Gasteiger partial charge in [0.1, 0.15) is 5.75 Å². The topological polar surface area (TPSA) is 56.2 Å². The lowest BCUT2D eigenvalue weighted by molar-refractivity contribution is 0.0848. The molecule has 0 amide bonds. The molecule has 2 saturated heterocycles. The third kappa shape index (κ3) is 5.81. The molecule has 39 heavy (non-hydrogen) atoms. The molecular weight excluding hydrogens is 484 g/mol. The molecule has 0 radical (unpaired) electrons. The van der Waals surface area contributed by atoms with Crippen LogP contribution >= 0.6 is 0 Å². The molecule has 2 aliphatic carbocycles. The molecule has 2 aromatic carbocycles. The highest BCUT2D eigenvalue weighted by Gasteiger charge is 2.37. The average molecular weight is 535 g/mol. The maximum atomic E-state index is 10.3. The molecule has 0 saturated carbocycles. The van der Waals surface area contributed by atoms with Crippen LogP contribution in [0.3, 0.4) is 0 Å². The van der Waals surface area contributed by atoms with Crippen LogP contribution in [0.4, 0.5) is 0 Å². The van der Waals surface area contributed by atoms with Crippen molar-refractivity contribution in [2.24, 2.45) is 11.8 Å². The van der Waals surface area contributed by atoms with E-state index < -0.39 is 0 Å². The number of nitrogens with zero attached hydrogens (tertiary/aromatic N) is 2. The predicted octanol–water partition coefficient (Wildman–Crippen LogP) is 6.28. The van der Waals surface area contributed by atoms with E-state index in [1.54, 1.807) is 13.2 Å². The molecule has 2 aromatic rings. The first kappa shape index (κ1) is 28.3. The number of hydrogen-bond donors (Lipinski definition) is 2. The molecule has 0 aromatic heterocycles. The molecule has 0 spiro atoms. The fourth-order valence-electron chi connectivity index (χ4n) is 8.11. The minimum Gasteiger partial charge on any atom is -0.507 e. The van der Waals surface area contributed by atoms with Crippen LogP contribution in [0, 0.1) is 18.8 Å². The van der Waals surface area contributed by atoms with Gasteiger partial charge in [0.05, 0.1) is 7.11 Å². The third-order valence-electron chi connectivity index (χ3n) is 10.0. The van der Waals surface area contributed by atoms with E-state index in [2.05, 4.69) is 41.8 Å². The SMILES string of the molecule is CCCN1CCC[C@@H]2Cc3c(ccc(C)c3O)C[C@H]21.CCCN1CCC[C@@H]2Cc3c(ccc(O)c3OC)C[C@H]21. The van der Waals surface area contributed by atoms with Crippen molar-refractivity contribution in [3.05, 3.63) is 52.1 Å². The van der Waals surface area contributed by atoms with Crippen molar-refractivity contribution >= 4 is 0 Å². The lowest BCUT2D eigenvalue weighted by atomic mass is 9.74. The van der Waals surface area contributed by atoms with Crippen LogP contribution in [0.25, 0.3) is 0 Å². The summed E-state index contributed by atoms with van der Waals surface area (Å²) in [6, 6.07) is 9.57. The van der Waals surface area contributed by atoms with E-state index in [-0.39, 0.29) is 5.75 Å². The zero-order valence-electron chi connectivity index (χ0n) is 24.7. The normalized spacial score (nSPS) is 26.4. The van der Waals surface area contributed by atoms with Gasteiger partial charge in [-0.3, -0.25) is 9.80 Å². The Kier molecular flexibility index (Phi) is 9.08. The number of hydrogen-bond acceptors (Lipinski definition) is 5. The molecule has 2 aliphatic heterocycles. The molecule has 4 atom stereocenters. The van der Waals surface area contributed by atoms with E-state index in [4.69, 9.17) is 4.74 Å². The number of phenols is 2. The number of fused-ring (bicyclic) bond motifs is 4. The van der Waals surface area contributed by atoms with Crippen molar-refractivity contribution in [1.29, 1.82) is 0 Å². The first-order valence-corrected chi connectivity index (χ1v) is 15.6. The third-order valence-corrected chi connectivity index (χ3v) is 10.0. The molecule has 0 bridgehead atoms. The molecule has 2 fully saturated rings. The summed E-state index contributed by atoms with van der Waals surface area (Å²) in [6.45, 7) is 11.5. The molecule has 2 N–H and O–H groups in total. The average Bonchev–Trinajstić information content (AvgIpc) is 2.95. The quantitative estimate of drug-likeness (QED) is 0.473. The fourth-order valence-corrected chi connectivity index (χ4v) is 8.11. The molecular formula is C34H50N2O3. The molecule has 6 rings (SSSR count). The van der Waals surface area contributed by atoms with E-state index in [1.165, 1.54) is 87.0 Å². The highest BCUT2D eigenvalue weighted by Crippen LogP contribution is 2.42. The Morgan fingerprint density at radius 3 is 1.87 bits per heavy atom. The lowest BCUT2D eigenvalue weighted by Gasteiger charge is -2.45. The maximum absolute atomic E-state index is 10.3. The van der Waals surface area contributed by atoms with Gasteiger partial charge >= 0.3 is 0 Å². The number of methoxy groups -OCH3 is 1. The summed E-state index contributed by atoms with van der Waals surface area (Å²) < 4.78 is 5.43. The van der Waals surface area contributed by atoms with Crippen molar-refractivity contribution in [2.45, 2.75) is 97.1 Å².